The van der Waals surface area contributed by atoms with Gasteiger partial charge in [0.05, 0.1) is 11.3 Å². The van der Waals surface area contributed by atoms with Crippen LogP contribution in [-0.4, -0.2) is 18.3 Å². The van der Waals surface area contributed by atoms with Crippen LogP contribution in [0.4, 0.5) is 18.9 Å². The summed E-state index contributed by atoms with van der Waals surface area (Å²) in [5.41, 5.74) is -0.310. The van der Waals surface area contributed by atoms with Gasteiger partial charge in [0.15, 0.2) is 29.8 Å². The highest BCUT2D eigenvalue weighted by Crippen LogP contribution is 2.24. The predicted octanol–water partition coefficient (Wildman–Crippen LogP) is 4.37. The zero-order valence-electron chi connectivity index (χ0n) is 13.0. The minimum atomic E-state index is -1.69. The van der Waals surface area contributed by atoms with E-state index in [1.807, 2.05) is 0 Å². The van der Waals surface area contributed by atoms with Gasteiger partial charge in [-0.1, -0.05) is 18.5 Å². The summed E-state index contributed by atoms with van der Waals surface area (Å²) in [6, 6.07) is 5.90. The Labute approximate surface area is 146 Å². The molecular weight excluding hydrogens is 359 g/mol. The lowest BCUT2D eigenvalue weighted by Gasteiger charge is -2.11. The molecule has 1 N–H and O–H groups in total. The fourth-order valence-electron chi connectivity index (χ4n) is 1.99. The second-order valence-electron chi connectivity index (χ2n) is 4.98. The molecule has 0 unspecified atom stereocenters. The van der Waals surface area contributed by atoms with Crippen molar-refractivity contribution < 1.29 is 27.5 Å². The normalized spacial score (nSPS) is 10.4. The molecule has 0 aliphatic rings. The first kappa shape index (κ1) is 18.8. The largest absolute Gasteiger partial charge is 0.483 e. The third-order valence-corrected chi connectivity index (χ3v) is 3.47. The maximum absolute atomic E-state index is 13.5. The number of carbonyl (C=O) groups is 2. The van der Waals surface area contributed by atoms with Crippen LogP contribution in [0.3, 0.4) is 0 Å². The zero-order chi connectivity index (χ0) is 18.6. The lowest BCUT2D eigenvalue weighted by atomic mass is 10.1. The van der Waals surface area contributed by atoms with Crippen molar-refractivity contribution in [2.24, 2.45) is 0 Å². The van der Waals surface area contributed by atoms with Gasteiger partial charge in [-0.25, -0.2) is 13.2 Å². The van der Waals surface area contributed by atoms with Crippen LogP contribution in [0.2, 0.25) is 5.02 Å². The van der Waals surface area contributed by atoms with Crippen molar-refractivity contribution >= 4 is 29.0 Å². The monoisotopic (exact) mass is 371 g/mol. The standard InChI is InChI=1S/C17H13ClF3NO3/c1-2-13(23)10-7-9(18)3-6-14(10)25-8-15(24)22-12-5-4-11(19)16(20)17(12)21/h3-7H,2,8H2,1H3,(H,22,24). The van der Waals surface area contributed by atoms with E-state index >= 15 is 0 Å². The minimum absolute atomic E-state index is 0.136. The first-order valence-electron chi connectivity index (χ1n) is 7.22. The number of benzene rings is 2. The number of Topliss-reactive ketones (excluding diaryl/α,β-unsaturated/α-hetero) is 1. The highest BCUT2D eigenvalue weighted by Gasteiger charge is 2.17. The van der Waals surface area contributed by atoms with Gasteiger partial charge in [-0.05, 0) is 30.3 Å². The van der Waals surface area contributed by atoms with Crippen molar-refractivity contribution in [3.8, 4) is 5.75 Å². The highest BCUT2D eigenvalue weighted by atomic mass is 35.5. The lowest BCUT2D eigenvalue weighted by Crippen LogP contribution is -2.21. The van der Waals surface area contributed by atoms with Gasteiger partial charge in [0.2, 0.25) is 0 Å². The van der Waals surface area contributed by atoms with E-state index in [1.165, 1.54) is 18.2 Å². The smallest absolute Gasteiger partial charge is 0.262 e. The number of ketones is 1. The number of hydrogen-bond donors (Lipinski definition) is 1. The summed E-state index contributed by atoms with van der Waals surface area (Å²) >= 11 is 5.84. The quantitative estimate of drug-likeness (QED) is 0.606. The van der Waals surface area contributed by atoms with Crippen LogP contribution in [0.15, 0.2) is 30.3 Å². The molecule has 2 aromatic rings. The van der Waals surface area contributed by atoms with Crippen molar-refractivity contribution in [3.05, 3.63) is 58.4 Å². The number of nitrogens with one attached hydrogen (secondary N) is 1. The summed E-state index contributed by atoms with van der Waals surface area (Å²) in [7, 11) is 0. The maximum atomic E-state index is 13.5. The summed E-state index contributed by atoms with van der Waals surface area (Å²) in [4.78, 5) is 23.7. The Balaban J connectivity index is 2.08. The van der Waals surface area contributed by atoms with Crippen molar-refractivity contribution in [1.82, 2.24) is 0 Å². The number of halogens is 4. The molecular formula is C17H13ClF3NO3. The average Bonchev–Trinajstić information content (AvgIpc) is 2.60. The Kier molecular flexibility index (Phi) is 6.03. The molecule has 2 rings (SSSR count). The third-order valence-electron chi connectivity index (χ3n) is 3.23. The molecule has 25 heavy (non-hydrogen) atoms. The van der Waals surface area contributed by atoms with Crippen LogP contribution in [0.1, 0.15) is 23.7 Å². The maximum Gasteiger partial charge on any atom is 0.262 e. The van der Waals surface area contributed by atoms with Crippen LogP contribution in [-0.2, 0) is 4.79 Å². The molecule has 0 radical (unpaired) electrons. The predicted molar refractivity (Wildman–Crippen MR) is 86.5 cm³/mol. The van der Waals surface area contributed by atoms with Crippen LogP contribution in [0, 0.1) is 17.5 Å². The summed E-state index contributed by atoms with van der Waals surface area (Å²) in [6.07, 6.45) is 0.211. The first-order valence-corrected chi connectivity index (χ1v) is 7.60. The molecule has 0 heterocycles. The Morgan fingerprint density at radius 1 is 1.12 bits per heavy atom. The molecule has 0 bridgehead atoms. The van der Waals surface area contributed by atoms with Crippen LogP contribution >= 0.6 is 11.6 Å². The molecule has 8 heteroatoms. The van der Waals surface area contributed by atoms with Gasteiger partial charge >= 0.3 is 0 Å². The average molecular weight is 372 g/mol. The lowest BCUT2D eigenvalue weighted by molar-refractivity contribution is -0.118. The molecule has 0 aliphatic heterocycles. The number of amides is 1. The van der Waals surface area contributed by atoms with Crippen LogP contribution < -0.4 is 10.1 Å². The zero-order valence-corrected chi connectivity index (χ0v) is 13.8. The summed E-state index contributed by atoms with van der Waals surface area (Å²) in [6.45, 7) is 1.09. The van der Waals surface area contributed by atoms with E-state index in [-0.39, 0.29) is 23.5 Å². The summed E-state index contributed by atoms with van der Waals surface area (Å²) in [5.74, 6) is -5.47. The third kappa shape index (κ3) is 4.51. The number of anilines is 1. The SMILES string of the molecule is CCC(=O)c1cc(Cl)ccc1OCC(=O)Nc1ccc(F)c(F)c1F. The van der Waals surface area contributed by atoms with Gasteiger partial charge in [0.1, 0.15) is 5.75 Å². The number of rotatable bonds is 6. The Morgan fingerprint density at radius 3 is 2.52 bits per heavy atom. The highest BCUT2D eigenvalue weighted by molar-refractivity contribution is 6.31. The molecule has 0 fully saturated rings. The second-order valence-corrected chi connectivity index (χ2v) is 5.41. The number of ether oxygens (including phenoxy) is 1. The van der Waals surface area contributed by atoms with E-state index < -0.39 is 35.7 Å². The Morgan fingerprint density at radius 2 is 1.84 bits per heavy atom. The molecule has 4 nitrogen and oxygen atoms in total. The Hall–Kier alpha value is -2.54. The van der Waals surface area contributed by atoms with E-state index in [4.69, 9.17) is 16.3 Å². The van der Waals surface area contributed by atoms with Crippen LogP contribution in [0.5, 0.6) is 5.75 Å². The van der Waals surface area contributed by atoms with E-state index in [2.05, 4.69) is 5.32 Å². The van der Waals surface area contributed by atoms with E-state index in [9.17, 15) is 22.8 Å². The van der Waals surface area contributed by atoms with Gasteiger partial charge in [-0.15, -0.1) is 0 Å². The summed E-state index contributed by atoms with van der Waals surface area (Å²) in [5, 5.41) is 2.40. The van der Waals surface area contributed by atoms with Crippen molar-refractivity contribution in [3.63, 3.8) is 0 Å². The molecule has 0 spiro atoms. The van der Waals surface area contributed by atoms with Gasteiger partial charge in [0, 0.05) is 11.4 Å². The fraction of sp³-hybridized carbons (Fsp3) is 0.176. The minimum Gasteiger partial charge on any atom is -0.483 e. The second kappa shape index (κ2) is 8.02. The molecule has 0 saturated carbocycles. The molecule has 2 aromatic carbocycles. The number of hydrogen-bond acceptors (Lipinski definition) is 3. The molecule has 0 atom stereocenters. The van der Waals surface area contributed by atoms with Gasteiger partial charge in [0.25, 0.3) is 5.91 Å². The first-order chi connectivity index (χ1) is 11.8. The van der Waals surface area contributed by atoms with E-state index in [0.717, 1.165) is 6.07 Å². The van der Waals surface area contributed by atoms with Gasteiger partial charge in [-0.2, -0.15) is 0 Å². The molecule has 0 aliphatic carbocycles. The molecule has 0 aromatic heterocycles. The van der Waals surface area contributed by atoms with Gasteiger partial charge < -0.3 is 10.1 Å². The molecule has 132 valence electrons. The van der Waals surface area contributed by atoms with Crippen LogP contribution in [0.25, 0.3) is 0 Å². The topological polar surface area (TPSA) is 55.4 Å². The summed E-state index contributed by atoms with van der Waals surface area (Å²) < 4.78 is 44.8. The fourth-order valence-corrected chi connectivity index (χ4v) is 2.16. The van der Waals surface area contributed by atoms with E-state index in [1.54, 1.807) is 6.92 Å². The Bertz CT molecular complexity index is 827. The van der Waals surface area contributed by atoms with E-state index in [0.29, 0.717) is 11.1 Å². The molecule has 0 saturated heterocycles. The van der Waals surface area contributed by atoms with Crippen molar-refractivity contribution in [2.75, 3.05) is 11.9 Å². The van der Waals surface area contributed by atoms with Crippen molar-refractivity contribution in [1.29, 1.82) is 0 Å². The molecule has 1 amide bonds. The van der Waals surface area contributed by atoms with Crippen molar-refractivity contribution in [2.45, 2.75) is 13.3 Å². The number of carbonyl (C=O) groups excluding carboxylic acids is 2. The van der Waals surface area contributed by atoms with Gasteiger partial charge in [-0.3, -0.25) is 9.59 Å².